The first-order valence-electron chi connectivity index (χ1n) is 6.32. The zero-order valence-electron chi connectivity index (χ0n) is 11.8. The van der Waals surface area contributed by atoms with Crippen LogP contribution in [0.2, 0.25) is 0 Å². The van der Waals surface area contributed by atoms with Gasteiger partial charge in [-0.3, -0.25) is 4.79 Å². The van der Waals surface area contributed by atoms with Crippen molar-refractivity contribution < 1.29 is 29.3 Å². The van der Waals surface area contributed by atoms with Crippen molar-refractivity contribution in [2.45, 2.75) is 38.5 Å². The summed E-state index contributed by atoms with van der Waals surface area (Å²) in [7, 11) is 1.21. The zero-order chi connectivity index (χ0) is 15.4. The fourth-order valence-electron chi connectivity index (χ4n) is 2.10. The van der Waals surface area contributed by atoms with E-state index in [1.54, 1.807) is 13.8 Å². The number of β-amino-alcohol motifs (C(OH)–C–C–N with tert-alkyl or cyclic N) is 1. The summed E-state index contributed by atoms with van der Waals surface area (Å²) in [6, 6.07) is -1.96. The van der Waals surface area contributed by atoms with E-state index in [2.05, 4.69) is 4.74 Å². The molecule has 2 N–H and O–H groups in total. The van der Waals surface area contributed by atoms with Crippen molar-refractivity contribution in [2.75, 3.05) is 20.2 Å². The average Bonchev–Trinajstić information content (AvgIpc) is 2.76. The number of nitrogens with zero attached hydrogens (tertiary/aromatic N) is 2. The molecule has 1 aliphatic rings. The second kappa shape index (κ2) is 6.56. The average molecular weight is 288 g/mol. The first kappa shape index (κ1) is 16.2. The van der Waals surface area contributed by atoms with E-state index in [9.17, 15) is 19.5 Å². The van der Waals surface area contributed by atoms with E-state index >= 15 is 0 Å². The Kier molecular flexibility index (Phi) is 5.32. The second-order valence-electron chi connectivity index (χ2n) is 4.98. The number of carbonyl (C=O) groups excluding carboxylic acids is 2. The third kappa shape index (κ3) is 3.60. The zero-order valence-corrected chi connectivity index (χ0v) is 11.8. The van der Waals surface area contributed by atoms with Gasteiger partial charge in [0.05, 0.1) is 13.2 Å². The fraction of sp³-hybridized carbons (Fsp3) is 0.750. The minimum Gasteiger partial charge on any atom is -0.480 e. The van der Waals surface area contributed by atoms with Gasteiger partial charge in [0.2, 0.25) is 0 Å². The minimum absolute atomic E-state index is 0.00870. The molecule has 114 valence electrons. The number of likely N-dealkylation sites (tertiary alicyclic amines) is 1. The van der Waals surface area contributed by atoms with Crippen LogP contribution in [0.15, 0.2) is 0 Å². The van der Waals surface area contributed by atoms with Crippen LogP contribution in [-0.4, -0.2) is 76.4 Å². The predicted molar refractivity (Wildman–Crippen MR) is 68.0 cm³/mol. The van der Waals surface area contributed by atoms with Crippen LogP contribution in [0.25, 0.3) is 0 Å². The summed E-state index contributed by atoms with van der Waals surface area (Å²) in [6.07, 6.45) is -0.877. The number of carbonyl (C=O) groups is 3. The van der Waals surface area contributed by atoms with Crippen molar-refractivity contribution in [1.29, 1.82) is 0 Å². The number of amides is 2. The first-order chi connectivity index (χ1) is 9.27. The number of ether oxygens (including phenoxy) is 1. The highest BCUT2D eigenvalue weighted by atomic mass is 16.5. The van der Waals surface area contributed by atoms with Gasteiger partial charge in [0.25, 0.3) is 0 Å². The third-order valence-corrected chi connectivity index (χ3v) is 3.21. The lowest BCUT2D eigenvalue weighted by Crippen LogP contribution is -2.52. The van der Waals surface area contributed by atoms with Crippen LogP contribution >= 0.6 is 0 Å². The van der Waals surface area contributed by atoms with E-state index in [0.29, 0.717) is 0 Å². The molecule has 2 amide bonds. The molecule has 0 aliphatic carbocycles. The molecule has 2 atom stereocenters. The van der Waals surface area contributed by atoms with Crippen LogP contribution < -0.4 is 0 Å². The van der Waals surface area contributed by atoms with Gasteiger partial charge in [0.1, 0.15) is 12.6 Å². The fourth-order valence-corrected chi connectivity index (χ4v) is 2.10. The third-order valence-electron chi connectivity index (χ3n) is 3.21. The summed E-state index contributed by atoms with van der Waals surface area (Å²) in [5.74, 6) is -1.75. The Balaban J connectivity index is 2.88. The molecule has 0 aromatic carbocycles. The van der Waals surface area contributed by atoms with E-state index in [4.69, 9.17) is 5.11 Å². The molecule has 8 heteroatoms. The van der Waals surface area contributed by atoms with E-state index in [1.165, 1.54) is 12.0 Å². The molecule has 0 radical (unpaired) electrons. The van der Waals surface area contributed by atoms with Crippen LogP contribution in [0, 0.1) is 0 Å². The molecular weight excluding hydrogens is 268 g/mol. The Morgan fingerprint density at radius 2 is 2.00 bits per heavy atom. The van der Waals surface area contributed by atoms with Gasteiger partial charge in [-0.1, -0.05) is 0 Å². The quantitative estimate of drug-likeness (QED) is 0.676. The molecule has 0 spiro atoms. The molecule has 1 heterocycles. The number of aliphatic hydroxyl groups is 1. The standard InChI is InChI=1S/C12H20N2O6/c1-7(2)13(6-10(16)20-3)12(19)14-5-8(15)4-9(14)11(17)18/h7-9,15H,4-6H2,1-3H3,(H,17,18)/t8-,9-/m1/s1. The summed E-state index contributed by atoms with van der Waals surface area (Å²) in [6.45, 7) is 3.11. The second-order valence-corrected chi connectivity index (χ2v) is 4.98. The monoisotopic (exact) mass is 288 g/mol. The molecule has 0 aromatic heterocycles. The predicted octanol–water partition coefficient (Wildman–Crippen LogP) is -0.490. The van der Waals surface area contributed by atoms with Crippen molar-refractivity contribution >= 4 is 18.0 Å². The Hall–Kier alpha value is -1.83. The molecule has 1 aliphatic heterocycles. The molecule has 0 saturated carbocycles. The minimum atomic E-state index is -1.17. The molecule has 1 saturated heterocycles. The van der Waals surface area contributed by atoms with Gasteiger partial charge in [-0.15, -0.1) is 0 Å². The van der Waals surface area contributed by atoms with E-state index in [1.807, 2.05) is 0 Å². The summed E-state index contributed by atoms with van der Waals surface area (Å²) < 4.78 is 4.52. The molecular formula is C12H20N2O6. The Morgan fingerprint density at radius 3 is 2.45 bits per heavy atom. The van der Waals surface area contributed by atoms with Crippen molar-refractivity contribution in [2.24, 2.45) is 0 Å². The highest BCUT2D eigenvalue weighted by Crippen LogP contribution is 2.20. The summed E-state index contributed by atoms with van der Waals surface area (Å²) in [5.41, 5.74) is 0. The number of aliphatic carboxylic acids is 1. The Bertz CT molecular complexity index is 397. The smallest absolute Gasteiger partial charge is 0.326 e. The van der Waals surface area contributed by atoms with Gasteiger partial charge < -0.3 is 24.7 Å². The lowest BCUT2D eigenvalue weighted by molar-refractivity contribution is -0.142. The highest BCUT2D eigenvalue weighted by molar-refractivity contribution is 5.86. The number of hydrogen-bond donors (Lipinski definition) is 2. The molecule has 1 rings (SSSR count). The van der Waals surface area contributed by atoms with Gasteiger partial charge in [0.15, 0.2) is 0 Å². The van der Waals surface area contributed by atoms with Crippen molar-refractivity contribution in [3.63, 3.8) is 0 Å². The number of carboxylic acid groups (broad SMARTS) is 1. The van der Waals surface area contributed by atoms with Crippen molar-refractivity contribution in [3.8, 4) is 0 Å². The van der Waals surface area contributed by atoms with E-state index < -0.39 is 30.1 Å². The maximum Gasteiger partial charge on any atom is 0.326 e. The van der Waals surface area contributed by atoms with Gasteiger partial charge in [-0.25, -0.2) is 9.59 Å². The normalized spacial score (nSPS) is 21.9. The van der Waals surface area contributed by atoms with Crippen LogP contribution in [-0.2, 0) is 14.3 Å². The summed E-state index contributed by atoms with van der Waals surface area (Å²) in [5, 5.41) is 18.6. The van der Waals surface area contributed by atoms with Crippen LogP contribution in [0.4, 0.5) is 4.79 Å². The Morgan fingerprint density at radius 1 is 1.40 bits per heavy atom. The number of esters is 1. The number of hydrogen-bond acceptors (Lipinski definition) is 5. The first-order valence-corrected chi connectivity index (χ1v) is 6.32. The molecule has 1 fully saturated rings. The maximum absolute atomic E-state index is 12.4. The van der Waals surface area contributed by atoms with Crippen LogP contribution in [0.3, 0.4) is 0 Å². The molecule has 0 bridgehead atoms. The lowest BCUT2D eigenvalue weighted by atomic mass is 10.2. The van der Waals surface area contributed by atoms with E-state index in [0.717, 1.165) is 4.90 Å². The van der Waals surface area contributed by atoms with Crippen molar-refractivity contribution in [3.05, 3.63) is 0 Å². The largest absolute Gasteiger partial charge is 0.480 e. The van der Waals surface area contributed by atoms with Gasteiger partial charge in [-0.2, -0.15) is 0 Å². The summed E-state index contributed by atoms with van der Waals surface area (Å²) >= 11 is 0. The lowest BCUT2D eigenvalue weighted by Gasteiger charge is -2.32. The SMILES string of the molecule is COC(=O)CN(C(=O)N1C[C@H](O)C[C@@H]1C(=O)O)C(C)C. The van der Waals surface area contributed by atoms with Crippen molar-refractivity contribution in [1.82, 2.24) is 9.80 Å². The van der Waals surface area contributed by atoms with E-state index in [-0.39, 0.29) is 25.6 Å². The van der Waals surface area contributed by atoms with Crippen LogP contribution in [0.5, 0.6) is 0 Å². The molecule has 8 nitrogen and oxygen atoms in total. The number of urea groups is 1. The summed E-state index contributed by atoms with van der Waals surface area (Å²) in [4.78, 5) is 37.1. The molecule has 0 unspecified atom stereocenters. The Labute approximate surface area is 116 Å². The number of methoxy groups -OCH3 is 1. The van der Waals surface area contributed by atoms with Gasteiger partial charge in [-0.05, 0) is 13.8 Å². The number of rotatable bonds is 4. The number of aliphatic hydroxyl groups excluding tert-OH is 1. The maximum atomic E-state index is 12.4. The molecule has 0 aromatic rings. The molecule has 20 heavy (non-hydrogen) atoms. The highest BCUT2D eigenvalue weighted by Gasteiger charge is 2.41. The number of carboxylic acids is 1. The van der Waals surface area contributed by atoms with Gasteiger partial charge >= 0.3 is 18.0 Å². The topological polar surface area (TPSA) is 107 Å². The van der Waals surface area contributed by atoms with Crippen LogP contribution in [0.1, 0.15) is 20.3 Å². The van der Waals surface area contributed by atoms with Gasteiger partial charge in [0, 0.05) is 19.0 Å².